The highest BCUT2D eigenvalue weighted by Crippen LogP contribution is 2.28. The summed E-state index contributed by atoms with van der Waals surface area (Å²) in [5.74, 6) is 1.57. The van der Waals surface area contributed by atoms with Crippen molar-refractivity contribution in [3.8, 4) is 0 Å². The number of likely N-dealkylation sites (tertiary alicyclic amines) is 1. The van der Waals surface area contributed by atoms with Crippen LogP contribution in [-0.4, -0.2) is 36.1 Å². The molecule has 6 heteroatoms. The second-order valence-corrected chi connectivity index (χ2v) is 5.43. The molecule has 1 atom stereocenters. The van der Waals surface area contributed by atoms with Crippen LogP contribution in [0.1, 0.15) is 13.3 Å². The van der Waals surface area contributed by atoms with Gasteiger partial charge in [0, 0.05) is 13.1 Å². The first-order chi connectivity index (χ1) is 8.60. The summed E-state index contributed by atoms with van der Waals surface area (Å²) in [4.78, 5) is 6.60. The molecule has 1 aromatic rings. The summed E-state index contributed by atoms with van der Waals surface area (Å²) >= 11 is 11.9. The SMILES string of the molecule is CCN1CCC(CNc2nc(N)c(Cl)cc2Cl)C1. The number of nitrogens with one attached hydrogen (secondary N) is 1. The van der Waals surface area contributed by atoms with Crippen LogP contribution < -0.4 is 11.1 Å². The first-order valence-electron chi connectivity index (χ1n) is 6.18. The van der Waals surface area contributed by atoms with Gasteiger partial charge in [-0.1, -0.05) is 30.1 Å². The molecule has 0 amide bonds. The van der Waals surface area contributed by atoms with Gasteiger partial charge < -0.3 is 16.0 Å². The predicted molar refractivity (Wildman–Crippen MR) is 77.4 cm³/mol. The van der Waals surface area contributed by atoms with E-state index in [2.05, 4.69) is 22.1 Å². The van der Waals surface area contributed by atoms with E-state index in [1.165, 1.54) is 13.0 Å². The van der Waals surface area contributed by atoms with Gasteiger partial charge in [0.05, 0.1) is 10.0 Å². The fourth-order valence-electron chi connectivity index (χ4n) is 2.21. The molecule has 0 saturated carbocycles. The molecule has 1 saturated heterocycles. The van der Waals surface area contributed by atoms with Gasteiger partial charge in [0.15, 0.2) is 0 Å². The number of nitrogens with zero attached hydrogens (tertiary/aromatic N) is 2. The lowest BCUT2D eigenvalue weighted by atomic mass is 10.1. The maximum absolute atomic E-state index is 6.07. The number of nitrogens with two attached hydrogens (primary N) is 1. The molecular formula is C12H18Cl2N4. The van der Waals surface area contributed by atoms with E-state index < -0.39 is 0 Å². The Hall–Kier alpha value is -0.710. The molecule has 1 aliphatic rings. The van der Waals surface area contributed by atoms with Crippen LogP contribution in [0.2, 0.25) is 10.0 Å². The van der Waals surface area contributed by atoms with Crippen LogP contribution in [0.5, 0.6) is 0 Å². The van der Waals surface area contributed by atoms with E-state index in [1.54, 1.807) is 6.07 Å². The normalized spacial score (nSPS) is 20.3. The minimum absolute atomic E-state index is 0.310. The number of halogens is 2. The van der Waals surface area contributed by atoms with Crippen molar-refractivity contribution in [1.29, 1.82) is 0 Å². The lowest BCUT2D eigenvalue weighted by Crippen LogP contribution is -2.22. The maximum Gasteiger partial charge on any atom is 0.147 e. The van der Waals surface area contributed by atoms with Crippen LogP contribution in [0.4, 0.5) is 11.6 Å². The molecule has 0 aliphatic carbocycles. The number of aromatic nitrogens is 1. The zero-order valence-electron chi connectivity index (χ0n) is 10.4. The van der Waals surface area contributed by atoms with Crippen LogP contribution in [0.25, 0.3) is 0 Å². The Morgan fingerprint density at radius 2 is 2.28 bits per heavy atom. The Kier molecular flexibility index (Phi) is 4.54. The average molecular weight is 289 g/mol. The molecule has 18 heavy (non-hydrogen) atoms. The van der Waals surface area contributed by atoms with E-state index in [4.69, 9.17) is 28.9 Å². The van der Waals surface area contributed by atoms with Gasteiger partial charge in [0.2, 0.25) is 0 Å². The Morgan fingerprint density at radius 1 is 1.50 bits per heavy atom. The highest BCUT2D eigenvalue weighted by molar-refractivity contribution is 6.37. The summed E-state index contributed by atoms with van der Waals surface area (Å²) in [7, 11) is 0. The number of anilines is 2. The molecule has 0 aromatic carbocycles. The Balaban J connectivity index is 1.93. The molecule has 2 rings (SSSR count). The second-order valence-electron chi connectivity index (χ2n) is 4.61. The number of rotatable bonds is 4. The largest absolute Gasteiger partial charge is 0.382 e. The van der Waals surface area contributed by atoms with Gasteiger partial charge >= 0.3 is 0 Å². The molecule has 0 bridgehead atoms. The number of hydrogen-bond acceptors (Lipinski definition) is 4. The van der Waals surface area contributed by atoms with E-state index in [1.807, 2.05) is 0 Å². The van der Waals surface area contributed by atoms with Crippen LogP contribution in [0.15, 0.2) is 6.07 Å². The van der Waals surface area contributed by atoms with Crippen LogP contribution >= 0.6 is 23.2 Å². The molecule has 0 radical (unpaired) electrons. The van der Waals surface area contributed by atoms with Crippen molar-refractivity contribution in [2.45, 2.75) is 13.3 Å². The number of nitrogen functional groups attached to an aromatic ring is 1. The molecule has 100 valence electrons. The Bertz CT molecular complexity index is 425. The summed E-state index contributed by atoms with van der Waals surface area (Å²) in [6, 6.07) is 1.63. The third kappa shape index (κ3) is 3.19. The lowest BCUT2D eigenvalue weighted by Gasteiger charge is -2.15. The summed E-state index contributed by atoms with van der Waals surface area (Å²) in [6.45, 7) is 6.47. The molecule has 1 fully saturated rings. The van der Waals surface area contributed by atoms with Crippen molar-refractivity contribution in [3.63, 3.8) is 0 Å². The molecule has 1 aliphatic heterocycles. The molecular weight excluding hydrogens is 271 g/mol. The zero-order chi connectivity index (χ0) is 13.1. The van der Waals surface area contributed by atoms with Gasteiger partial charge in [0.1, 0.15) is 11.6 Å². The van der Waals surface area contributed by atoms with Gasteiger partial charge in [-0.3, -0.25) is 0 Å². The first kappa shape index (κ1) is 13.7. The molecule has 0 spiro atoms. The molecule has 2 heterocycles. The van der Waals surface area contributed by atoms with Crippen molar-refractivity contribution in [2.24, 2.45) is 5.92 Å². The predicted octanol–water partition coefficient (Wildman–Crippen LogP) is 2.72. The van der Waals surface area contributed by atoms with Crippen molar-refractivity contribution < 1.29 is 0 Å². The van der Waals surface area contributed by atoms with E-state index >= 15 is 0 Å². The van der Waals surface area contributed by atoms with E-state index in [0.29, 0.717) is 27.6 Å². The average Bonchev–Trinajstić information content (AvgIpc) is 2.80. The monoisotopic (exact) mass is 288 g/mol. The minimum atomic E-state index is 0.310. The van der Waals surface area contributed by atoms with Crippen molar-refractivity contribution in [3.05, 3.63) is 16.1 Å². The minimum Gasteiger partial charge on any atom is -0.382 e. The second kappa shape index (κ2) is 5.95. The number of pyridine rings is 1. The smallest absolute Gasteiger partial charge is 0.147 e. The highest BCUT2D eigenvalue weighted by Gasteiger charge is 2.21. The fourth-order valence-corrected chi connectivity index (χ4v) is 2.64. The summed E-state index contributed by atoms with van der Waals surface area (Å²) in [5, 5.41) is 4.16. The zero-order valence-corrected chi connectivity index (χ0v) is 11.9. The summed E-state index contributed by atoms with van der Waals surface area (Å²) < 4.78 is 0. The lowest BCUT2D eigenvalue weighted by molar-refractivity contribution is 0.345. The molecule has 3 N–H and O–H groups in total. The van der Waals surface area contributed by atoms with Gasteiger partial charge in [-0.2, -0.15) is 0 Å². The van der Waals surface area contributed by atoms with Gasteiger partial charge in [0.25, 0.3) is 0 Å². The Labute approximate surface area is 117 Å². The van der Waals surface area contributed by atoms with Crippen molar-refractivity contribution >= 4 is 34.8 Å². The van der Waals surface area contributed by atoms with Crippen LogP contribution in [0, 0.1) is 5.92 Å². The van der Waals surface area contributed by atoms with Gasteiger partial charge in [-0.05, 0) is 31.5 Å². The maximum atomic E-state index is 6.07. The third-order valence-corrected chi connectivity index (χ3v) is 3.92. The Morgan fingerprint density at radius 3 is 2.94 bits per heavy atom. The topological polar surface area (TPSA) is 54.2 Å². The highest BCUT2D eigenvalue weighted by atomic mass is 35.5. The first-order valence-corrected chi connectivity index (χ1v) is 6.93. The van der Waals surface area contributed by atoms with Crippen molar-refractivity contribution in [1.82, 2.24) is 9.88 Å². The third-order valence-electron chi connectivity index (χ3n) is 3.33. The van der Waals surface area contributed by atoms with Crippen molar-refractivity contribution in [2.75, 3.05) is 37.2 Å². The molecule has 4 nitrogen and oxygen atoms in total. The van der Waals surface area contributed by atoms with E-state index in [0.717, 1.165) is 19.6 Å². The van der Waals surface area contributed by atoms with E-state index in [9.17, 15) is 0 Å². The molecule has 1 unspecified atom stereocenters. The van der Waals surface area contributed by atoms with Crippen LogP contribution in [-0.2, 0) is 0 Å². The fraction of sp³-hybridized carbons (Fsp3) is 0.583. The van der Waals surface area contributed by atoms with Crippen LogP contribution in [0.3, 0.4) is 0 Å². The summed E-state index contributed by atoms with van der Waals surface area (Å²) in [5.41, 5.74) is 5.67. The van der Waals surface area contributed by atoms with Gasteiger partial charge in [-0.15, -0.1) is 0 Å². The van der Waals surface area contributed by atoms with E-state index in [-0.39, 0.29) is 0 Å². The standard InChI is InChI=1S/C12H18Cl2N4/c1-2-18-4-3-8(7-18)6-16-12-10(14)5-9(13)11(15)17-12/h5,8H,2-4,6-7H2,1H3,(H3,15,16,17). The van der Waals surface area contributed by atoms with Gasteiger partial charge in [-0.25, -0.2) is 4.98 Å². The quantitative estimate of drug-likeness (QED) is 0.895. The number of hydrogen-bond donors (Lipinski definition) is 2. The summed E-state index contributed by atoms with van der Waals surface area (Å²) in [6.07, 6.45) is 1.21. The molecule has 1 aromatic heterocycles.